The third kappa shape index (κ3) is 3.21. The SMILES string of the molecule is CC1(C)C(=O)NCCN1C(=O)Cc1ccc(C(N)=S)cc1. The maximum atomic E-state index is 12.4. The highest BCUT2D eigenvalue weighted by Gasteiger charge is 2.40. The number of hydrogen-bond acceptors (Lipinski definition) is 3. The number of hydrogen-bond donors (Lipinski definition) is 2. The molecule has 1 aliphatic heterocycles. The summed E-state index contributed by atoms with van der Waals surface area (Å²) in [6, 6.07) is 7.28. The Balaban J connectivity index is 2.10. The summed E-state index contributed by atoms with van der Waals surface area (Å²) in [4.78, 5) is 26.3. The van der Waals surface area contributed by atoms with Gasteiger partial charge in [0.1, 0.15) is 10.5 Å². The van der Waals surface area contributed by atoms with E-state index in [1.54, 1.807) is 30.9 Å². The second kappa shape index (κ2) is 5.81. The van der Waals surface area contributed by atoms with E-state index < -0.39 is 5.54 Å². The summed E-state index contributed by atoms with van der Waals surface area (Å²) in [6.45, 7) is 4.54. The molecule has 0 aliphatic carbocycles. The van der Waals surface area contributed by atoms with Crippen LogP contribution in [0.3, 0.4) is 0 Å². The van der Waals surface area contributed by atoms with Gasteiger partial charge >= 0.3 is 0 Å². The van der Waals surface area contributed by atoms with E-state index in [2.05, 4.69) is 5.32 Å². The average Bonchev–Trinajstić information content (AvgIpc) is 2.42. The van der Waals surface area contributed by atoms with E-state index in [9.17, 15) is 9.59 Å². The lowest BCUT2D eigenvalue weighted by molar-refractivity contribution is -0.148. The van der Waals surface area contributed by atoms with Crippen molar-refractivity contribution >= 4 is 29.0 Å². The van der Waals surface area contributed by atoms with Crippen LogP contribution in [0.5, 0.6) is 0 Å². The maximum absolute atomic E-state index is 12.4. The summed E-state index contributed by atoms with van der Waals surface area (Å²) >= 11 is 4.90. The van der Waals surface area contributed by atoms with Crippen LogP contribution >= 0.6 is 12.2 Å². The Morgan fingerprint density at radius 3 is 2.57 bits per heavy atom. The van der Waals surface area contributed by atoms with Gasteiger partial charge < -0.3 is 16.0 Å². The van der Waals surface area contributed by atoms with Crippen molar-refractivity contribution in [3.05, 3.63) is 35.4 Å². The molecule has 0 aromatic heterocycles. The van der Waals surface area contributed by atoms with Crippen molar-refractivity contribution in [2.75, 3.05) is 13.1 Å². The van der Waals surface area contributed by atoms with Gasteiger partial charge in [-0.3, -0.25) is 9.59 Å². The first-order chi connectivity index (χ1) is 9.82. The fourth-order valence-corrected chi connectivity index (χ4v) is 2.53. The molecule has 6 heteroatoms. The maximum Gasteiger partial charge on any atom is 0.245 e. The Morgan fingerprint density at radius 2 is 2.00 bits per heavy atom. The molecule has 1 fully saturated rings. The van der Waals surface area contributed by atoms with Crippen molar-refractivity contribution in [3.63, 3.8) is 0 Å². The van der Waals surface area contributed by atoms with Gasteiger partial charge in [-0.2, -0.15) is 0 Å². The Kier molecular flexibility index (Phi) is 4.27. The van der Waals surface area contributed by atoms with E-state index in [0.717, 1.165) is 11.1 Å². The fraction of sp³-hybridized carbons (Fsp3) is 0.400. The summed E-state index contributed by atoms with van der Waals surface area (Å²) < 4.78 is 0. The van der Waals surface area contributed by atoms with Crippen LogP contribution in [-0.2, 0) is 16.0 Å². The first-order valence-corrected chi connectivity index (χ1v) is 7.20. The van der Waals surface area contributed by atoms with Gasteiger partial charge in [0.05, 0.1) is 6.42 Å². The van der Waals surface area contributed by atoms with Crippen molar-refractivity contribution in [1.82, 2.24) is 10.2 Å². The highest BCUT2D eigenvalue weighted by molar-refractivity contribution is 7.80. The largest absolute Gasteiger partial charge is 0.389 e. The number of carbonyl (C=O) groups excluding carboxylic acids is 2. The van der Waals surface area contributed by atoms with Crippen LogP contribution in [0.2, 0.25) is 0 Å². The summed E-state index contributed by atoms with van der Waals surface area (Å²) in [5.74, 6) is -0.177. The smallest absolute Gasteiger partial charge is 0.245 e. The van der Waals surface area contributed by atoms with Gasteiger partial charge in [0, 0.05) is 18.7 Å². The monoisotopic (exact) mass is 305 g/mol. The first kappa shape index (κ1) is 15.4. The highest BCUT2D eigenvalue weighted by atomic mass is 32.1. The molecule has 2 amide bonds. The molecular formula is C15H19N3O2S. The van der Waals surface area contributed by atoms with E-state index in [1.807, 2.05) is 12.1 Å². The normalized spacial score (nSPS) is 17.2. The minimum Gasteiger partial charge on any atom is -0.389 e. The Bertz CT molecular complexity index is 581. The van der Waals surface area contributed by atoms with Crippen molar-refractivity contribution in [1.29, 1.82) is 0 Å². The molecule has 21 heavy (non-hydrogen) atoms. The third-order valence-corrected chi connectivity index (χ3v) is 3.98. The van der Waals surface area contributed by atoms with Crippen LogP contribution in [0.15, 0.2) is 24.3 Å². The molecule has 0 bridgehead atoms. The molecule has 1 aromatic carbocycles. The first-order valence-electron chi connectivity index (χ1n) is 6.80. The second-order valence-corrected chi connectivity index (χ2v) is 6.04. The second-order valence-electron chi connectivity index (χ2n) is 5.60. The zero-order valence-electron chi connectivity index (χ0n) is 12.2. The van der Waals surface area contributed by atoms with Crippen LogP contribution < -0.4 is 11.1 Å². The summed E-state index contributed by atoms with van der Waals surface area (Å²) in [5, 5.41) is 2.78. The van der Waals surface area contributed by atoms with E-state index >= 15 is 0 Å². The minimum absolute atomic E-state index is 0.0575. The molecule has 1 aromatic rings. The van der Waals surface area contributed by atoms with Crippen molar-refractivity contribution in [3.8, 4) is 0 Å². The van der Waals surface area contributed by atoms with E-state index in [1.165, 1.54) is 0 Å². The van der Waals surface area contributed by atoms with Crippen LogP contribution in [0.4, 0.5) is 0 Å². The minimum atomic E-state index is -0.811. The fourth-order valence-electron chi connectivity index (χ4n) is 2.39. The molecule has 1 heterocycles. The quantitative estimate of drug-likeness (QED) is 0.802. The standard InChI is InChI=1S/C15H19N3O2S/c1-15(2)14(20)17-7-8-18(15)12(19)9-10-3-5-11(6-4-10)13(16)21/h3-6H,7-9H2,1-2H3,(H2,16,21)(H,17,20). The molecule has 2 rings (SSSR count). The predicted molar refractivity (Wildman–Crippen MR) is 84.8 cm³/mol. The molecule has 5 nitrogen and oxygen atoms in total. The lowest BCUT2D eigenvalue weighted by Gasteiger charge is -2.41. The number of carbonyl (C=O) groups is 2. The predicted octanol–water partition coefficient (Wildman–Crippen LogP) is 0.600. The van der Waals surface area contributed by atoms with Gasteiger partial charge in [-0.05, 0) is 19.4 Å². The number of thiocarbonyl (C=S) groups is 1. The summed E-state index contributed by atoms with van der Waals surface area (Å²) in [5.41, 5.74) is 6.39. The zero-order valence-corrected chi connectivity index (χ0v) is 13.0. The van der Waals surface area contributed by atoms with Crippen LogP contribution in [0, 0.1) is 0 Å². The molecule has 0 unspecified atom stereocenters. The van der Waals surface area contributed by atoms with E-state index in [-0.39, 0.29) is 18.2 Å². The molecule has 1 saturated heterocycles. The molecule has 0 atom stereocenters. The van der Waals surface area contributed by atoms with Gasteiger partial charge in [-0.25, -0.2) is 0 Å². The molecule has 0 spiro atoms. The molecular weight excluding hydrogens is 286 g/mol. The number of benzene rings is 1. The number of rotatable bonds is 3. The van der Waals surface area contributed by atoms with Gasteiger partial charge in [0.25, 0.3) is 0 Å². The van der Waals surface area contributed by atoms with Crippen molar-refractivity contribution in [2.45, 2.75) is 25.8 Å². The molecule has 0 radical (unpaired) electrons. The number of nitrogens with zero attached hydrogens (tertiary/aromatic N) is 1. The topological polar surface area (TPSA) is 75.4 Å². The molecule has 3 N–H and O–H groups in total. The average molecular weight is 305 g/mol. The van der Waals surface area contributed by atoms with Crippen LogP contribution in [0.25, 0.3) is 0 Å². The third-order valence-electron chi connectivity index (χ3n) is 3.75. The van der Waals surface area contributed by atoms with Gasteiger partial charge in [-0.15, -0.1) is 0 Å². The highest BCUT2D eigenvalue weighted by Crippen LogP contribution is 2.19. The van der Waals surface area contributed by atoms with E-state index in [0.29, 0.717) is 18.1 Å². The zero-order chi connectivity index (χ0) is 15.6. The molecule has 0 saturated carbocycles. The molecule has 112 valence electrons. The summed E-state index contributed by atoms with van der Waals surface area (Å²) in [6.07, 6.45) is 0.258. The molecule has 1 aliphatic rings. The van der Waals surface area contributed by atoms with Gasteiger partial charge in [0.2, 0.25) is 11.8 Å². The lowest BCUT2D eigenvalue weighted by atomic mass is 9.97. The number of nitrogens with two attached hydrogens (primary N) is 1. The van der Waals surface area contributed by atoms with Gasteiger partial charge in [-0.1, -0.05) is 36.5 Å². The lowest BCUT2D eigenvalue weighted by Crippen LogP contribution is -2.63. The van der Waals surface area contributed by atoms with Gasteiger partial charge in [0.15, 0.2) is 0 Å². The Morgan fingerprint density at radius 1 is 1.38 bits per heavy atom. The van der Waals surface area contributed by atoms with Crippen LogP contribution in [-0.4, -0.2) is 40.3 Å². The number of piperazine rings is 1. The number of amides is 2. The Labute approximate surface area is 129 Å². The Hall–Kier alpha value is -1.95. The van der Waals surface area contributed by atoms with Crippen molar-refractivity contribution in [2.24, 2.45) is 5.73 Å². The van der Waals surface area contributed by atoms with Crippen LogP contribution in [0.1, 0.15) is 25.0 Å². The van der Waals surface area contributed by atoms with Crippen molar-refractivity contribution < 1.29 is 9.59 Å². The summed E-state index contributed by atoms with van der Waals surface area (Å²) in [7, 11) is 0. The van der Waals surface area contributed by atoms with E-state index in [4.69, 9.17) is 18.0 Å². The number of nitrogens with one attached hydrogen (secondary N) is 1.